The normalized spacial score (nSPS) is 10.1. The molecule has 120 valence electrons. The predicted molar refractivity (Wildman–Crippen MR) is 90.9 cm³/mol. The predicted octanol–water partition coefficient (Wildman–Crippen LogP) is 3.48. The third kappa shape index (κ3) is 5.30. The molecule has 0 spiro atoms. The van der Waals surface area contributed by atoms with Gasteiger partial charge in [-0.1, -0.05) is 12.1 Å². The lowest BCUT2D eigenvalue weighted by Crippen LogP contribution is -2.13. The molecular weight excluding hydrogens is 316 g/mol. The van der Waals surface area contributed by atoms with Crippen molar-refractivity contribution >= 4 is 29.0 Å². The lowest BCUT2D eigenvalue weighted by Gasteiger charge is -2.08. The van der Waals surface area contributed by atoms with Crippen LogP contribution in [0.15, 0.2) is 48.5 Å². The van der Waals surface area contributed by atoms with Crippen molar-refractivity contribution in [3.05, 3.63) is 64.2 Å². The van der Waals surface area contributed by atoms with E-state index in [1.165, 1.54) is 23.9 Å². The minimum atomic E-state index is -0.435. The molecule has 0 aliphatic heterocycles. The topological polar surface area (TPSA) is 81.5 Å². The maximum atomic E-state index is 11.5. The third-order valence-corrected chi connectivity index (χ3v) is 3.49. The summed E-state index contributed by atoms with van der Waals surface area (Å²) in [6, 6.07) is 13.3. The molecule has 1 amide bonds. The highest BCUT2D eigenvalue weighted by Crippen LogP contribution is 2.19. The molecule has 0 aliphatic carbocycles. The molecule has 0 aliphatic rings. The highest BCUT2D eigenvalue weighted by molar-refractivity contribution is 7.99. The van der Waals surface area contributed by atoms with Gasteiger partial charge in [-0.2, -0.15) is 11.8 Å². The number of nitro benzene ring substituents is 1. The molecule has 0 radical (unpaired) electrons. The van der Waals surface area contributed by atoms with E-state index in [0.29, 0.717) is 17.2 Å². The van der Waals surface area contributed by atoms with Gasteiger partial charge in [-0.05, 0) is 36.1 Å². The molecule has 1 N–H and O–H groups in total. The van der Waals surface area contributed by atoms with Crippen LogP contribution in [0.3, 0.4) is 0 Å². The number of carbonyl (C=O) groups is 1. The van der Waals surface area contributed by atoms with Gasteiger partial charge < -0.3 is 10.1 Å². The van der Waals surface area contributed by atoms with Crippen LogP contribution in [-0.2, 0) is 11.4 Å². The first kappa shape index (κ1) is 16.8. The minimum absolute atomic E-state index is 0.0398. The summed E-state index contributed by atoms with van der Waals surface area (Å²) in [6.07, 6.45) is 1.87. The fourth-order valence-corrected chi connectivity index (χ4v) is 2.22. The summed E-state index contributed by atoms with van der Waals surface area (Å²) in [5.74, 6) is 0.979. The Morgan fingerprint density at radius 2 is 2.00 bits per heavy atom. The van der Waals surface area contributed by atoms with E-state index in [9.17, 15) is 14.9 Å². The molecule has 0 aromatic heterocycles. The van der Waals surface area contributed by atoms with Gasteiger partial charge in [0.15, 0.2) is 0 Å². The Bertz CT molecular complexity index is 689. The summed E-state index contributed by atoms with van der Waals surface area (Å²) in [5.41, 5.74) is 1.46. The maximum Gasteiger partial charge on any atom is 0.269 e. The Morgan fingerprint density at radius 1 is 1.26 bits per heavy atom. The van der Waals surface area contributed by atoms with Crippen molar-refractivity contribution in [3.8, 4) is 5.75 Å². The van der Waals surface area contributed by atoms with E-state index in [2.05, 4.69) is 5.32 Å². The SMILES string of the molecule is CSCC(=O)Nc1ccc(OCc2cccc([N+](=O)[O-])c2)cc1. The van der Waals surface area contributed by atoms with E-state index in [1.807, 2.05) is 6.26 Å². The van der Waals surface area contributed by atoms with Crippen LogP contribution in [0.2, 0.25) is 0 Å². The number of nitrogens with zero attached hydrogens (tertiary/aromatic N) is 1. The van der Waals surface area contributed by atoms with Gasteiger partial charge in [0.25, 0.3) is 5.69 Å². The number of hydrogen-bond acceptors (Lipinski definition) is 5. The Morgan fingerprint density at radius 3 is 2.65 bits per heavy atom. The third-order valence-electron chi connectivity index (χ3n) is 2.94. The first-order valence-electron chi connectivity index (χ1n) is 6.83. The molecule has 0 saturated heterocycles. The van der Waals surface area contributed by atoms with Crippen LogP contribution in [0.1, 0.15) is 5.56 Å². The number of amides is 1. The van der Waals surface area contributed by atoms with Crippen molar-refractivity contribution in [1.82, 2.24) is 0 Å². The second-order valence-corrected chi connectivity index (χ2v) is 5.59. The molecule has 0 atom stereocenters. The number of nitro groups is 1. The average molecular weight is 332 g/mol. The molecule has 2 aromatic rings. The molecule has 23 heavy (non-hydrogen) atoms. The van der Waals surface area contributed by atoms with Crippen LogP contribution in [0.5, 0.6) is 5.75 Å². The standard InChI is InChI=1S/C16H16N2O4S/c1-23-11-16(19)17-13-5-7-15(8-6-13)22-10-12-3-2-4-14(9-12)18(20)21/h2-9H,10-11H2,1H3,(H,17,19). The van der Waals surface area contributed by atoms with Crippen LogP contribution in [0.4, 0.5) is 11.4 Å². The van der Waals surface area contributed by atoms with Crippen LogP contribution in [0.25, 0.3) is 0 Å². The summed E-state index contributed by atoms with van der Waals surface area (Å²) >= 11 is 1.46. The fourth-order valence-electron chi connectivity index (χ4n) is 1.89. The Kier molecular flexibility index (Phi) is 5.99. The first-order valence-corrected chi connectivity index (χ1v) is 8.23. The van der Waals surface area contributed by atoms with Gasteiger partial charge in [0.05, 0.1) is 10.7 Å². The number of non-ortho nitro benzene ring substituents is 1. The number of hydrogen-bond donors (Lipinski definition) is 1. The van der Waals surface area contributed by atoms with Crippen molar-refractivity contribution in [1.29, 1.82) is 0 Å². The van der Waals surface area contributed by atoms with Gasteiger partial charge in [0.1, 0.15) is 12.4 Å². The smallest absolute Gasteiger partial charge is 0.269 e. The number of anilines is 1. The largest absolute Gasteiger partial charge is 0.489 e. The van der Waals surface area contributed by atoms with Crippen molar-refractivity contribution in [2.45, 2.75) is 6.61 Å². The zero-order chi connectivity index (χ0) is 16.7. The number of ether oxygens (including phenoxy) is 1. The summed E-state index contributed by atoms with van der Waals surface area (Å²) in [6.45, 7) is 0.236. The van der Waals surface area contributed by atoms with Gasteiger partial charge in [0, 0.05) is 17.8 Å². The highest BCUT2D eigenvalue weighted by atomic mass is 32.2. The van der Waals surface area contributed by atoms with Crippen molar-refractivity contribution in [2.24, 2.45) is 0 Å². The number of thioether (sulfide) groups is 1. The molecule has 0 unspecified atom stereocenters. The number of rotatable bonds is 7. The quantitative estimate of drug-likeness (QED) is 0.620. The monoisotopic (exact) mass is 332 g/mol. The molecule has 6 nitrogen and oxygen atoms in total. The second-order valence-electron chi connectivity index (χ2n) is 4.72. The van der Waals surface area contributed by atoms with E-state index >= 15 is 0 Å². The zero-order valence-corrected chi connectivity index (χ0v) is 13.3. The fraction of sp³-hybridized carbons (Fsp3) is 0.188. The Hall–Kier alpha value is -2.54. The van der Waals surface area contributed by atoms with Crippen molar-refractivity contribution in [3.63, 3.8) is 0 Å². The average Bonchev–Trinajstić information content (AvgIpc) is 2.54. The number of carbonyl (C=O) groups excluding carboxylic acids is 1. The molecule has 0 saturated carbocycles. The van der Waals surface area contributed by atoms with Crippen LogP contribution in [-0.4, -0.2) is 22.8 Å². The summed E-state index contributed by atoms with van der Waals surface area (Å²) in [4.78, 5) is 21.8. The zero-order valence-electron chi connectivity index (χ0n) is 12.5. The lowest BCUT2D eigenvalue weighted by molar-refractivity contribution is -0.384. The van der Waals surface area contributed by atoms with Gasteiger partial charge in [-0.25, -0.2) is 0 Å². The van der Waals surface area contributed by atoms with Crippen molar-refractivity contribution < 1.29 is 14.5 Å². The minimum Gasteiger partial charge on any atom is -0.489 e. The van der Waals surface area contributed by atoms with Gasteiger partial charge in [0.2, 0.25) is 5.91 Å². The van der Waals surface area contributed by atoms with E-state index in [4.69, 9.17) is 4.74 Å². The maximum absolute atomic E-state index is 11.5. The van der Waals surface area contributed by atoms with Crippen molar-refractivity contribution in [2.75, 3.05) is 17.3 Å². The van der Waals surface area contributed by atoms with E-state index in [1.54, 1.807) is 36.4 Å². The molecule has 0 fully saturated rings. The van der Waals surface area contributed by atoms with Crippen LogP contribution in [0, 0.1) is 10.1 Å². The van der Waals surface area contributed by atoms with Gasteiger partial charge >= 0.3 is 0 Å². The number of benzene rings is 2. The Balaban J connectivity index is 1.92. The number of nitrogens with one attached hydrogen (secondary N) is 1. The van der Waals surface area contributed by atoms with Crippen LogP contribution < -0.4 is 10.1 Å². The van der Waals surface area contributed by atoms with Crippen LogP contribution >= 0.6 is 11.8 Å². The Labute approximate surface area is 138 Å². The van der Waals surface area contributed by atoms with E-state index in [-0.39, 0.29) is 18.2 Å². The first-order chi connectivity index (χ1) is 11.1. The summed E-state index contributed by atoms with van der Waals surface area (Å²) < 4.78 is 5.59. The lowest BCUT2D eigenvalue weighted by atomic mass is 10.2. The molecule has 0 heterocycles. The van der Waals surface area contributed by atoms with E-state index < -0.39 is 4.92 Å². The molecule has 0 bridgehead atoms. The summed E-state index contributed by atoms with van der Waals surface area (Å²) in [7, 11) is 0. The molecule has 2 rings (SSSR count). The van der Waals surface area contributed by atoms with Gasteiger partial charge in [-0.15, -0.1) is 0 Å². The molecular formula is C16H16N2O4S. The molecule has 2 aromatic carbocycles. The highest BCUT2D eigenvalue weighted by Gasteiger charge is 2.06. The summed E-state index contributed by atoms with van der Waals surface area (Å²) in [5, 5.41) is 13.5. The second kappa shape index (κ2) is 8.19. The molecule has 7 heteroatoms. The van der Waals surface area contributed by atoms with E-state index in [0.717, 1.165) is 5.56 Å². The van der Waals surface area contributed by atoms with Gasteiger partial charge in [-0.3, -0.25) is 14.9 Å².